The Morgan fingerprint density at radius 1 is 1.20 bits per heavy atom. The molecule has 0 bridgehead atoms. The second-order valence-corrected chi connectivity index (χ2v) is 6.47. The molecular formula is C18H19FN4O2. The first-order valence-corrected chi connectivity index (χ1v) is 8.41. The van der Waals surface area contributed by atoms with Crippen molar-refractivity contribution >= 4 is 0 Å². The second kappa shape index (κ2) is 6.76. The minimum atomic E-state index is -0.279. The van der Waals surface area contributed by atoms with Crippen molar-refractivity contribution in [2.75, 3.05) is 13.1 Å². The van der Waals surface area contributed by atoms with E-state index in [0.29, 0.717) is 11.7 Å². The van der Waals surface area contributed by atoms with Crippen LogP contribution in [-0.4, -0.2) is 33.3 Å². The number of benzene rings is 1. The summed E-state index contributed by atoms with van der Waals surface area (Å²) in [4.78, 5) is 6.85. The van der Waals surface area contributed by atoms with E-state index in [0.717, 1.165) is 49.5 Å². The molecule has 0 unspecified atom stereocenters. The number of nitrogens with zero attached hydrogens (tertiary/aromatic N) is 4. The zero-order chi connectivity index (χ0) is 17.2. The van der Waals surface area contributed by atoms with E-state index < -0.39 is 0 Å². The molecule has 3 aromatic rings. The van der Waals surface area contributed by atoms with Gasteiger partial charge in [-0.25, -0.2) is 4.39 Å². The van der Waals surface area contributed by atoms with Crippen LogP contribution in [0.15, 0.2) is 39.4 Å². The number of hydrogen-bond acceptors (Lipinski definition) is 6. The van der Waals surface area contributed by atoms with Crippen LogP contribution in [0.3, 0.4) is 0 Å². The lowest BCUT2D eigenvalue weighted by atomic mass is 9.98. The van der Waals surface area contributed by atoms with Gasteiger partial charge in [0, 0.05) is 24.7 Å². The molecule has 1 aliphatic rings. The van der Waals surface area contributed by atoms with Crippen molar-refractivity contribution in [3.63, 3.8) is 0 Å². The number of aryl methyl sites for hydroxylation is 1. The fraction of sp³-hybridized carbons (Fsp3) is 0.389. The lowest BCUT2D eigenvalue weighted by Crippen LogP contribution is -2.34. The summed E-state index contributed by atoms with van der Waals surface area (Å²) in [6, 6.07) is 8.07. The Morgan fingerprint density at radius 3 is 2.80 bits per heavy atom. The van der Waals surface area contributed by atoms with E-state index in [1.54, 1.807) is 12.1 Å². The quantitative estimate of drug-likeness (QED) is 0.722. The first kappa shape index (κ1) is 16.0. The third-order valence-electron chi connectivity index (χ3n) is 4.46. The molecule has 1 saturated heterocycles. The molecule has 1 atom stereocenters. The molecule has 7 heteroatoms. The van der Waals surface area contributed by atoms with Gasteiger partial charge in [0.1, 0.15) is 11.6 Å². The van der Waals surface area contributed by atoms with Crippen LogP contribution in [0.2, 0.25) is 0 Å². The molecule has 4 rings (SSSR count). The average molecular weight is 342 g/mol. The van der Waals surface area contributed by atoms with Gasteiger partial charge >= 0.3 is 0 Å². The predicted molar refractivity (Wildman–Crippen MR) is 88.2 cm³/mol. The van der Waals surface area contributed by atoms with Crippen LogP contribution in [0.1, 0.15) is 36.1 Å². The topological polar surface area (TPSA) is 68.2 Å². The summed E-state index contributed by atoms with van der Waals surface area (Å²) in [6.45, 7) is 4.51. The van der Waals surface area contributed by atoms with E-state index in [1.807, 2.05) is 13.0 Å². The monoisotopic (exact) mass is 342 g/mol. The minimum absolute atomic E-state index is 0.198. The van der Waals surface area contributed by atoms with Gasteiger partial charge in [0.2, 0.25) is 11.7 Å². The smallest absolute Gasteiger partial charge is 0.231 e. The molecule has 2 aromatic heterocycles. The van der Waals surface area contributed by atoms with Gasteiger partial charge in [-0.1, -0.05) is 10.3 Å². The van der Waals surface area contributed by atoms with Crippen molar-refractivity contribution in [2.45, 2.75) is 32.2 Å². The van der Waals surface area contributed by atoms with Crippen molar-refractivity contribution in [1.82, 2.24) is 20.2 Å². The molecule has 0 spiro atoms. The number of piperidine rings is 1. The standard InChI is InChI=1S/C18H19FN4O2/c1-12-9-16(21-24-12)11-23-8-2-3-14(10-23)18-20-17(22-25-18)13-4-6-15(19)7-5-13/h4-7,9,14H,2-3,8,10-11H2,1H3/t14-/m1/s1. The summed E-state index contributed by atoms with van der Waals surface area (Å²) in [7, 11) is 0. The normalized spacial score (nSPS) is 18.6. The Bertz CT molecular complexity index is 843. The molecule has 6 nitrogen and oxygen atoms in total. The summed E-state index contributed by atoms with van der Waals surface area (Å²) in [5.41, 5.74) is 1.69. The predicted octanol–water partition coefficient (Wildman–Crippen LogP) is 3.55. The summed E-state index contributed by atoms with van der Waals surface area (Å²) in [5.74, 6) is 1.88. The highest BCUT2D eigenvalue weighted by Crippen LogP contribution is 2.28. The van der Waals surface area contributed by atoms with Crippen LogP contribution in [-0.2, 0) is 6.54 Å². The van der Waals surface area contributed by atoms with Crippen LogP contribution in [0, 0.1) is 12.7 Å². The Hall–Kier alpha value is -2.54. The number of rotatable bonds is 4. The zero-order valence-corrected chi connectivity index (χ0v) is 14.0. The van der Waals surface area contributed by atoms with E-state index in [9.17, 15) is 4.39 Å². The van der Waals surface area contributed by atoms with Gasteiger partial charge < -0.3 is 9.05 Å². The number of halogens is 1. The first-order chi connectivity index (χ1) is 12.2. The fourth-order valence-electron chi connectivity index (χ4n) is 3.24. The lowest BCUT2D eigenvalue weighted by molar-refractivity contribution is 0.176. The number of aromatic nitrogens is 3. The molecule has 130 valence electrons. The van der Waals surface area contributed by atoms with Crippen LogP contribution < -0.4 is 0 Å². The summed E-state index contributed by atoms with van der Waals surface area (Å²) < 4.78 is 23.7. The van der Waals surface area contributed by atoms with Gasteiger partial charge in [0.25, 0.3) is 0 Å². The van der Waals surface area contributed by atoms with Crippen LogP contribution in [0.5, 0.6) is 0 Å². The minimum Gasteiger partial charge on any atom is -0.361 e. The van der Waals surface area contributed by atoms with Crippen molar-refractivity contribution in [2.24, 2.45) is 0 Å². The number of hydrogen-bond donors (Lipinski definition) is 0. The maximum absolute atomic E-state index is 13.0. The van der Waals surface area contributed by atoms with Gasteiger partial charge in [-0.15, -0.1) is 0 Å². The molecule has 0 saturated carbocycles. The van der Waals surface area contributed by atoms with Gasteiger partial charge in [-0.3, -0.25) is 4.90 Å². The van der Waals surface area contributed by atoms with Crippen molar-refractivity contribution < 1.29 is 13.4 Å². The van der Waals surface area contributed by atoms with Gasteiger partial charge in [-0.05, 0) is 50.6 Å². The van der Waals surface area contributed by atoms with E-state index >= 15 is 0 Å². The maximum atomic E-state index is 13.0. The number of likely N-dealkylation sites (tertiary alicyclic amines) is 1. The average Bonchev–Trinajstić information content (AvgIpc) is 3.25. The molecule has 3 heterocycles. The summed E-state index contributed by atoms with van der Waals surface area (Å²) in [6.07, 6.45) is 2.08. The molecule has 1 aromatic carbocycles. The molecular weight excluding hydrogens is 323 g/mol. The molecule has 0 aliphatic carbocycles. The Balaban J connectivity index is 1.45. The highest BCUT2D eigenvalue weighted by atomic mass is 19.1. The molecule has 0 N–H and O–H groups in total. The van der Waals surface area contributed by atoms with Crippen molar-refractivity contribution in [3.05, 3.63) is 53.5 Å². The molecule has 1 fully saturated rings. The van der Waals surface area contributed by atoms with E-state index in [-0.39, 0.29) is 11.7 Å². The summed E-state index contributed by atoms with van der Waals surface area (Å²) in [5, 5.41) is 8.11. The largest absolute Gasteiger partial charge is 0.361 e. The third-order valence-corrected chi connectivity index (χ3v) is 4.46. The van der Waals surface area contributed by atoms with E-state index in [1.165, 1.54) is 12.1 Å². The molecule has 1 aliphatic heterocycles. The van der Waals surface area contributed by atoms with E-state index in [4.69, 9.17) is 9.05 Å². The SMILES string of the molecule is Cc1cc(CN2CCC[C@@H](c3nc(-c4ccc(F)cc4)no3)C2)no1. The zero-order valence-electron chi connectivity index (χ0n) is 14.0. The van der Waals surface area contributed by atoms with Crippen LogP contribution >= 0.6 is 0 Å². The van der Waals surface area contributed by atoms with Crippen LogP contribution in [0.25, 0.3) is 11.4 Å². The van der Waals surface area contributed by atoms with Crippen molar-refractivity contribution in [3.8, 4) is 11.4 Å². The van der Waals surface area contributed by atoms with Gasteiger partial charge in [0.05, 0.1) is 11.6 Å². The van der Waals surface area contributed by atoms with Crippen LogP contribution in [0.4, 0.5) is 4.39 Å². The van der Waals surface area contributed by atoms with Gasteiger partial charge in [-0.2, -0.15) is 4.98 Å². The first-order valence-electron chi connectivity index (χ1n) is 8.41. The maximum Gasteiger partial charge on any atom is 0.231 e. The Morgan fingerprint density at radius 2 is 2.04 bits per heavy atom. The highest BCUT2D eigenvalue weighted by molar-refractivity contribution is 5.53. The summed E-state index contributed by atoms with van der Waals surface area (Å²) >= 11 is 0. The molecule has 0 radical (unpaired) electrons. The highest BCUT2D eigenvalue weighted by Gasteiger charge is 2.26. The molecule has 25 heavy (non-hydrogen) atoms. The molecule has 0 amide bonds. The Kier molecular flexibility index (Phi) is 4.31. The van der Waals surface area contributed by atoms with E-state index in [2.05, 4.69) is 20.2 Å². The third kappa shape index (κ3) is 3.61. The lowest BCUT2D eigenvalue weighted by Gasteiger charge is -2.30. The Labute approximate surface area is 144 Å². The van der Waals surface area contributed by atoms with Crippen molar-refractivity contribution in [1.29, 1.82) is 0 Å². The van der Waals surface area contributed by atoms with Gasteiger partial charge in [0.15, 0.2) is 0 Å². The fourth-order valence-corrected chi connectivity index (χ4v) is 3.24. The second-order valence-electron chi connectivity index (χ2n) is 6.47.